The molecule has 82 valence electrons. The van der Waals surface area contributed by atoms with Crippen molar-refractivity contribution in [1.29, 1.82) is 0 Å². The van der Waals surface area contributed by atoms with E-state index in [0.717, 1.165) is 17.7 Å². The molecule has 1 unspecified atom stereocenters. The maximum absolute atomic E-state index is 11.8. The number of fused-ring (bicyclic) bond motifs is 1. The maximum Gasteiger partial charge on any atom is 0.180 e. The van der Waals surface area contributed by atoms with E-state index in [9.17, 15) is 8.42 Å². The zero-order valence-electron chi connectivity index (χ0n) is 8.95. The second-order valence-corrected chi connectivity index (χ2v) is 5.94. The van der Waals surface area contributed by atoms with Crippen LogP contribution < -0.4 is 5.32 Å². The van der Waals surface area contributed by atoms with Crippen molar-refractivity contribution in [2.24, 2.45) is 0 Å². The smallest absolute Gasteiger partial charge is 0.180 e. The highest BCUT2D eigenvalue weighted by Gasteiger charge is 2.33. The third-order valence-corrected chi connectivity index (χ3v) is 4.53. The number of benzene rings is 1. The van der Waals surface area contributed by atoms with E-state index in [1.165, 1.54) is 0 Å². The molecule has 1 atom stereocenters. The fourth-order valence-electron chi connectivity index (χ4n) is 2.04. The van der Waals surface area contributed by atoms with E-state index in [1.54, 1.807) is 6.07 Å². The number of hydrogen-bond donors (Lipinski definition) is 1. The van der Waals surface area contributed by atoms with Crippen molar-refractivity contribution >= 4 is 9.84 Å². The Morgan fingerprint density at radius 2 is 2.20 bits per heavy atom. The number of hydrogen-bond acceptors (Lipinski definition) is 3. The normalized spacial score (nSPS) is 22.7. The molecule has 1 aliphatic heterocycles. The highest BCUT2D eigenvalue weighted by molar-refractivity contribution is 7.91. The predicted octanol–water partition coefficient (Wildman–Crippen LogP) is 1.43. The fourth-order valence-corrected chi connectivity index (χ4v) is 3.79. The van der Waals surface area contributed by atoms with Gasteiger partial charge in [0.1, 0.15) is 0 Å². The molecule has 3 nitrogen and oxygen atoms in total. The first-order valence-corrected chi connectivity index (χ1v) is 6.76. The Morgan fingerprint density at radius 1 is 1.47 bits per heavy atom. The van der Waals surface area contributed by atoms with Gasteiger partial charge < -0.3 is 5.32 Å². The van der Waals surface area contributed by atoms with Crippen molar-refractivity contribution in [3.05, 3.63) is 29.3 Å². The van der Waals surface area contributed by atoms with Crippen molar-refractivity contribution in [2.75, 3.05) is 12.3 Å². The van der Waals surface area contributed by atoms with Crippen LogP contribution in [-0.2, 0) is 9.84 Å². The number of sulfone groups is 1. The molecule has 0 amide bonds. The summed E-state index contributed by atoms with van der Waals surface area (Å²) in [4.78, 5) is 0.499. The molecule has 1 aromatic carbocycles. The molecular weight excluding hydrogens is 210 g/mol. The molecular formula is C11H15NO2S. The fraction of sp³-hybridized carbons (Fsp3) is 0.455. The Hall–Kier alpha value is -0.870. The Balaban J connectivity index is 2.53. The van der Waals surface area contributed by atoms with Gasteiger partial charge in [-0.2, -0.15) is 0 Å². The Labute approximate surface area is 90.4 Å². The van der Waals surface area contributed by atoms with Gasteiger partial charge in [-0.1, -0.05) is 24.6 Å². The predicted molar refractivity (Wildman–Crippen MR) is 59.6 cm³/mol. The second-order valence-electron chi connectivity index (χ2n) is 3.93. The van der Waals surface area contributed by atoms with E-state index in [1.807, 2.05) is 26.0 Å². The third kappa shape index (κ3) is 1.79. The highest BCUT2D eigenvalue weighted by Crippen LogP contribution is 2.33. The maximum atomic E-state index is 11.8. The molecule has 0 aliphatic carbocycles. The van der Waals surface area contributed by atoms with Crippen molar-refractivity contribution in [1.82, 2.24) is 5.32 Å². The summed E-state index contributed by atoms with van der Waals surface area (Å²) in [5.41, 5.74) is 2.03. The summed E-state index contributed by atoms with van der Waals surface area (Å²) >= 11 is 0. The van der Waals surface area contributed by atoms with Crippen LogP contribution in [0.5, 0.6) is 0 Å². The van der Waals surface area contributed by atoms with E-state index < -0.39 is 9.84 Å². The number of rotatable bonds is 2. The van der Waals surface area contributed by atoms with Gasteiger partial charge >= 0.3 is 0 Å². The van der Waals surface area contributed by atoms with Gasteiger partial charge in [-0.25, -0.2) is 8.42 Å². The first kappa shape index (κ1) is 10.6. The largest absolute Gasteiger partial charge is 0.309 e. The monoisotopic (exact) mass is 225 g/mol. The number of aryl methyl sites for hydroxylation is 1. The molecule has 0 spiro atoms. The molecule has 0 saturated heterocycles. The molecule has 1 N–H and O–H groups in total. The molecule has 1 aromatic rings. The Morgan fingerprint density at radius 3 is 2.87 bits per heavy atom. The van der Waals surface area contributed by atoms with Crippen LogP contribution in [0.3, 0.4) is 0 Å². The van der Waals surface area contributed by atoms with Gasteiger partial charge in [-0.15, -0.1) is 0 Å². The minimum absolute atomic E-state index is 0.0325. The molecule has 1 heterocycles. The van der Waals surface area contributed by atoms with Gasteiger partial charge in [0.25, 0.3) is 0 Å². The Bertz CT molecular complexity index is 479. The molecule has 4 heteroatoms. The summed E-state index contributed by atoms with van der Waals surface area (Å²) < 4.78 is 23.6. The SMILES string of the molecule is CCNC1CS(=O)(=O)c2ccc(C)cc21. The van der Waals surface area contributed by atoms with Crippen molar-refractivity contribution in [3.63, 3.8) is 0 Å². The van der Waals surface area contributed by atoms with Crippen molar-refractivity contribution in [2.45, 2.75) is 24.8 Å². The quantitative estimate of drug-likeness (QED) is 0.828. The zero-order valence-corrected chi connectivity index (χ0v) is 9.76. The second kappa shape index (κ2) is 3.61. The first-order chi connectivity index (χ1) is 7.04. The zero-order chi connectivity index (χ0) is 11.1. The van der Waals surface area contributed by atoms with Gasteiger partial charge in [-0.3, -0.25) is 0 Å². The van der Waals surface area contributed by atoms with Gasteiger partial charge in [0.15, 0.2) is 9.84 Å². The molecule has 0 fully saturated rings. The lowest BCUT2D eigenvalue weighted by Gasteiger charge is -2.10. The molecule has 1 aliphatic rings. The van der Waals surface area contributed by atoms with Crippen LogP contribution in [0, 0.1) is 6.92 Å². The Kier molecular flexibility index (Phi) is 2.56. The van der Waals surface area contributed by atoms with Crippen LogP contribution in [0.2, 0.25) is 0 Å². The lowest BCUT2D eigenvalue weighted by atomic mass is 10.1. The van der Waals surface area contributed by atoms with Crippen molar-refractivity contribution < 1.29 is 8.42 Å². The van der Waals surface area contributed by atoms with E-state index in [4.69, 9.17) is 0 Å². The summed E-state index contributed by atoms with van der Waals surface area (Å²) in [7, 11) is -3.06. The van der Waals surface area contributed by atoms with Gasteiger partial charge in [-0.05, 0) is 25.1 Å². The lowest BCUT2D eigenvalue weighted by molar-refractivity contribution is 0.579. The van der Waals surface area contributed by atoms with E-state index in [0.29, 0.717) is 4.90 Å². The van der Waals surface area contributed by atoms with Crippen LogP contribution in [-0.4, -0.2) is 20.7 Å². The van der Waals surface area contributed by atoms with Crippen LogP contribution >= 0.6 is 0 Å². The van der Waals surface area contributed by atoms with Crippen LogP contribution in [0.4, 0.5) is 0 Å². The summed E-state index contributed by atoms with van der Waals surface area (Å²) in [6, 6.07) is 5.50. The third-order valence-electron chi connectivity index (χ3n) is 2.71. The minimum atomic E-state index is -3.06. The average molecular weight is 225 g/mol. The average Bonchev–Trinajstić information content (AvgIpc) is 2.39. The van der Waals surface area contributed by atoms with Crippen molar-refractivity contribution in [3.8, 4) is 0 Å². The van der Waals surface area contributed by atoms with Crippen LogP contribution in [0.1, 0.15) is 24.1 Å². The topological polar surface area (TPSA) is 46.2 Å². The van der Waals surface area contributed by atoms with E-state index >= 15 is 0 Å². The molecule has 2 rings (SSSR count). The van der Waals surface area contributed by atoms with Gasteiger partial charge in [0.05, 0.1) is 10.6 Å². The molecule has 0 bridgehead atoms. The van der Waals surface area contributed by atoms with E-state index in [2.05, 4.69) is 5.32 Å². The van der Waals surface area contributed by atoms with E-state index in [-0.39, 0.29) is 11.8 Å². The van der Waals surface area contributed by atoms with Crippen LogP contribution in [0.25, 0.3) is 0 Å². The van der Waals surface area contributed by atoms with Crippen LogP contribution in [0.15, 0.2) is 23.1 Å². The molecule has 0 aromatic heterocycles. The summed E-state index contributed by atoms with van der Waals surface area (Å²) in [5, 5.41) is 3.20. The minimum Gasteiger partial charge on any atom is -0.309 e. The summed E-state index contributed by atoms with van der Waals surface area (Å²) in [6.07, 6.45) is 0. The molecule has 0 radical (unpaired) electrons. The summed E-state index contributed by atoms with van der Waals surface area (Å²) in [6.45, 7) is 4.75. The molecule has 0 saturated carbocycles. The standard InChI is InChI=1S/C11H15NO2S/c1-3-12-10-7-15(13,14)11-5-4-8(2)6-9(10)11/h4-6,10,12H,3,7H2,1-2H3. The highest BCUT2D eigenvalue weighted by atomic mass is 32.2. The van der Waals surface area contributed by atoms with Gasteiger partial charge in [0, 0.05) is 6.04 Å². The molecule has 15 heavy (non-hydrogen) atoms. The number of nitrogens with one attached hydrogen (secondary N) is 1. The van der Waals surface area contributed by atoms with Gasteiger partial charge in [0.2, 0.25) is 0 Å². The lowest BCUT2D eigenvalue weighted by Crippen LogP contribution is -2.22. The summed E-state index contributed by atoms with van der Waals surface area (Å²) in [5.74, 6) is 0.194. The first-order valence-electron chi connectivity index (χ1n) is 5.11.